The zero-order valence-electron chi connectivity index (χ0n) is 10.4. The molecule has 0 spiro atoms. The Kier molecular flexibility index (Phi) is 4.15. The van der Waals surface area contributed by atoms with Crippen molar-refractivity contribution in [1.29, 1.82) is 0 Å². The lowest BCUT2D eigenvalue weighted by Crippen LogP contribution is -2.41. The molecular weight excluding hydrogens is 212 g/mol. The van der Waals surface area contributed by atoms with Crippen LogP contribution in [0.4, 0.5) is 0 Å². The van der Waals surface area contributed by atoms with E-state index in [0.717, 1.165) is 31.5 Å². The number of nitrogens with one attached hydrogen (secondary N) is 1. The highest BCUT2D eigenvalue weighted by Gasteiger charge is 2.23. The number of rotatable bonds is 3. The van der Waals surface area contributed by atoms with Crippen LogP contribution in [-0.4, -0.2) is 30.9 Å². The van der Waals surface area contributed by atoms with Crippen LogP contribution < -0.4 is 5.32 Å². The van der Waals surface area contributed by atoms with Crippen LogP contribution in [0.15, 0.2) is 30.3 Å². The Labute approximate surface area is 103 Å². The lowest BCUT2D eigenvalue weighted by atomic mass is 9.97. The van der Waals surface area contributed by atoms with Gasteiger partial charge in [0, 0.05) is 13.1 Å². The molecule has 1 saturated heterocycles. The van der Waals surface area contributed by atoms with Gasteiger partial charge in [0.2, 0.25) is 5.91 Å². The number of amides is 1. The van der Waals surface area contributed by atoms with Gasteiger partial charge in [-0.1, -0.05) is 30.3 Å². The fourth-order valence-electron chi connectivity index (χ4n) is 2.31. The third kappa shape index (κ3) is 3.56. The Morgan fingerprint density at radius 1 is 1.41 bits per heavy atom. The number of hydrogen-bond donors (Lipinski definition) is 1. The van der Waals surface area contributed by atoms with E-state index in [1.807, 2.05) is 30.3 Å². The number of piperidine rings is 1. The van der Waals surface area contributed by atoms with E-state index in [1.54, 1.807) is 0 Å². The van der Waals surface area contributed by atoms with E-state index in [4.69, 9.17) is 0 Å². The molecule has 0 saturated carbocycles. The molecular formula is C14H20N2O. The molecule has 1 amide bonds. The van der Waals surface area contributed by atoms with Gasteiger partial charge in [0.1, 0.15) is 0 Å². The van der Waals surface area contributed by atoms with Crippen molar-refractivity contribution in [2.75, 3.05) is 20.1 Å². The molecule has 1 atom stereocenters. The van der Waals surface area contributed by atoms with Crippen LogP contribution in [0.25, 0.3) is 0 Å². The maximum absolute atomic E-state index is 12.0. The number of hydrogen-bond acceptors (Lipinski definition) is 2. The van der Waals surface area contributed by atoms with Crippen LogP contribution in [0, 0.1) is 5.92 Å². The second-order valence-corrected chi connectivity index (χ2v) is 4.80. The molecule has 3 nitrogen and oxygen atoms in total. The first-order valence-electron chi connectivity index (χ1n) is 6.26. The van der Waals surface area contributed by atoms with Gasteiger partial charge < -0.3 is 10.2 Å². The van der Waals surface area contributed by atoms with Gasteiger partial charge >= 0.3 is 0 Å². The van der Waals surface area contributed by atoms with Crippen LogP contribution in [0.5, 0.6) is 0 Å². The van der Waals surface area contributed by atoms with Gasteiger partial charge in [-0.25, -0.2) is 0 Å². The van der Waals surface area contributed by atoms with Gasteiger partial charge in [0.25, 0.3) is 0 Å². The summed E-state index contributed by atoms with van der Waals surface area (Å²) in [5.41, 5.74) is 1.16. The van der Waals surface area contributed by atoms with E-state index >= 15 is 0 Å². The van der Waals surface area contributed by atoms with Crippen molar-refractivity contribution in [3.63, 3.8) is 0 Å². The van der Waals surface area contributed by atoms with Crippen molar-refractivity contribution in [3.8, 4) is 0 Å². The summed E-state index contributed by atoms with van der Waals surface area (Å²) in [5.74, 6) is 0.359. The van der Waals surface area contributed by atoms with Gasteiger partial charge in [-0.05, 0) is 32.0 Å². The molecule has 1 aromatic carbocycles. The van der Waals surface area contributed by atoms with Crippen molar-refractivity contribution < 1.29 is 4.79 Å². The summed E-state index contributed by atoms with van der Waals surface area (Å²) in [6, 6.07) is 10.0. The molecule has 1 heterocycles. The number of carbonyl (C=O) groups is 1. The Morgan fingerprint density at radius 2 is 2.18 bits per heavy atom. The third-order valence-electron chi connectivity index (χ3n) is 3.30. The van der Waals surface area contributed by atoms with Gasteiger partial charge in [0.05, 0.1) is 5.92 Å². The summed E-state index contributed by atoms with van der Waals surface area (Å²) < 4.78 is 0. The number of benzene rings is 1. The Bertz CT molecular complexity index is 364. The third-order valence-corrected chi connectivity index (χ3v) is 3.30. The standard InChI is InChI=1S/C14H20N2O/c1-16-9-5-8-13(11-16)14(17)15-10-12-6-3-2-4-7-12/h2-4,6-7,13H,5,8-11H2,1H3,(H,15,17)/t13-/m1/s1. The smallest absolute Gasteiger partial charge is 0.224 e. The largest absolute Gasteiger partial charge is 0.352 e. The van der Waals surface area contributed by atoms with E-state index in [9.17, 15) is 4.79 Å². The molecule has 1 aliphatic rings. The Balaban J connectivity index is 1.81. The van der Waals surface area contributed by atoms with Gasteiger partial charge in [0.15, 0.2) is 0 Å². The maximum Gasteiger partial charge on any atom is 0.224 e. The molecule has 0 unspecified atom stereocenters. The molecule has 1 fully saturated rings. The van der Waals surface area contributed by atoms with Gasteiger partial charge in [-0.15, -0.1) is 0 Å². The number of carbonyl (C=O) groups excluding carboxylic acids is 1. The average Bonchev–Trinajstić information content (AvgIpc) is 2.37. The van der Waals surface area contributed by atoms with Crippen LogP contribution in [0.2, 0.25) is 0 Å². The molecule has 3 heteroatoms. The second-order valence-electron chi connectivity index (χ2n) is 4.80. The predicted octanol–water partition coefficient (Wildman–Crippen LogP) is 1.64. The fraction of sp³-hybridized carbons (Fsp3) is 0.500. The summed E-state index contributed by atoms with van der Waals surface area (Å²) >= 11 is 0. The van der Waals surface area contributed by atoms with Crippen molar-refractivity contribution in [3.05, 3.63) is 35.9 Å². The second kappa shape index (κ2) is 5.82. The molecule has 92 valence electrons. The minimum Gasteiger partial charge on any atom is -0.352 e. The predicted molar refractivity (Wildman–Crippen MR) is 68.5 cm³/mol. The van der Waals surface area contributed by atoms with Crippen molar-refractivity contribution in [1.82, 2.24) is 10.2 Å². The number of nitrogens with zero attached hydrogens (tertiary/aromatic N) is 1. The minimum atomic E-state index is 0.164. The summed E-state index contributed by atoms with van der Waals surface area (Å²) in [6.45, 7) is 2.64. The Morgan fingerprint density at radius 3 is 2.88 bits per heavy atom. The molecule has 1 aromatic rings. The van der Waals surface area contributed by atoms with Gasteiger partial charge in [-0.2, -0.15) is 0 Å². The fourth-order valence-corrected chi connectivity index (χ4v) is 2.31. The normalized spacial score (nSPS) is 21.1. The first kappa shape index (κ1) is 12.1. The van der Waals surface area contributed by atoms with Gasteiger partial charge in [-0.3, -0.25) is 4.79 Å². The molecule has 1 N–H and O–H groups in total. The van der Waals surface area contributed by atoms with E-state index < -0.39 is 0 Å². The molecule has 2 rings (SSSR count). The zero-order chi connectivity index (χ0) is 12.1. The summed E-state index contributed by atoms with van der Waals surface area (Å²) in [4.78, 5) is 14.2. The molecule has 0 bridgehead atoms. The van der Waals surface area contributed by atoms with Crippen LogP contribution in [-0.2, 0) is 11.3 Å². The average molecular weight is 232 g/mol. The molecule has 1 aliphatic heterocycles. The summed E-state index contributed by atoms with van der Waals surface area (Å²) in [6.07, 6.45) is 2.14. The number of likely N-dealkylation sites (tertiary alicyclic amines) is 1. The van der Waals surface area contributed by atoms with Crippen LogP contribution in [0.1, 0.15) is 18.4 Å². The monoisotopic (exact) mass is 232 g/mol. The van der Waals surface area contributed by atoms with Crippen molar-refractivity contribution >= 4 is 5.91 Å². The summed E-state index contributed by atoms with van der Waals surface area (Å²) in [5, 5.41) is 3.02. The van der Waals surface area contributed by atoms with E-state index in [-0.39, 0.29) is 11.8 Å². The molecule has 0 aliphatic carbocycles. The SMILES string of the molecule is CN1CCC[C@@H](C(=O)NCc2ccccc2)C1. The highest BCUT2D eigenvalue weighted by molar-refractivity contribution is 5.78. The first-order valence-corrected chi connectivity index (χ1v) is 6.26. The van der Waals surface area contributed by atoms with Crippen LogP contribution >= 0.6 is 0 Å². The van der Waals surface area contributed by atoms with Crippen molar-refractivity contribution in [2.24, 2.45) is 5.92 Å². The van der Waals surface area contributed by atoms with Crippen molar-refractivity contribution in [2.45, 2.75) is 19.4 Å². The van der Waals surface area contributed by atoms with E-state index in [2.05, 4.69) is 17.3 Å². The lowest BCUT2D eigenvalue weighted by molar-refractivity contribution is -0.126. The van der Waals surface area contributed by atoms with Crippen LogP contribution in [0.3, 0.4) is 0 Å². The van der Waals surface area contributed by atoms with E-state index in [1.165, 1.54) is 0 Å². The lowest BCUT2D eigenvalue weighted by Gasteiger charge is -2.28. The molecule has 0 aromatic heterocycles. The minimum absolute atomic E-state index is 0.164. The molecule has 17 heavy (non-hydrogen) atoms. The maximum atomic E-state index is 12.0. The highest BCUT2D eigenvalue weighted by Crippen LogP contribution is 2.15. The van der Waals surface area contributed by atoms with E-state index in [0.29, 0.717) is 6.54 Å². The Hall–Kier alpha value is -1.35. The first-order chi connectivity index (χ1) is 8.25. The quantitative estimate of drug-likeness (QED) is 0.859. The molecule has 0 radical (unpaired) electrons. The highest BCUT2D eigenvalue weighted by atomic mass is 16.1. The zero-order valence-corrected chi connectivity index (χ0v) is 10.4. The topological polar surface area (TPSA) is 32.3 Å². The summed E-state index contributed by atoms with van der Waals surface area (Å²) in [7, 11) is 2.08.